The van der Waals surface area contributed by atoms with E-state index in [1.54, 1.807) is 13.2 Å². The van der Waals surface area contributed by atoms with Gasteiger partial charge in [0.2, 0.25) is 5.91 Å². The number of carbonyl (C=O) groups is 1. The van der Waals surface area contributed by atoms with Gasteiger partial charge in [0.25, 0.3) is 0 Å². The summed E-state index contributed by atoms with van der Waals surface area (Å²) >= 11 is 0. The van der Waals surface area contributed by atoms with Gasteiger partial charge in [-0.15, -0.1) is 0 Å². The topological polar surface area (TPSA) is 72.6 Å². The highest BCUT2D eigenvalue weighted by molar-refractivity contribution is 5.74. The molecule has 1 aromatic rings. The summed E-state index contributed by atoms with van der Waals surface area (Å²) in [6, 6.07) is 7.26. The SMILES string of the molecule is COc1cccc([C@@H](CO)CC(N)=O)c1. The Labute approximate surface area is 88.7 Å². The van der Waals surface area contributed by atoms with Crippen LogP contribution in [0.15, 0.2) is 24.3 Å². The largest absolute Gasteiger partial charge is 0.497 e. The van der Waals surface area contributed by atoms with Gasteiger partial charge in [-0.05, 0) is 17.7 Å². The lowest BCUT2D eigenvalue weighted by Crippen LogP contribution is -2.17. The molecule has 4 nitrogen and oxygen atoms in total. The standard InChI is InChI=1S/C11H15NO3/c1-15-10-4-2-3-8(5-10)9(7-13)6-11(12)14/h2-5,9,13H,6-7H2,1H3,(H2,12,14)/t9-/m1/s1. The normalized spacial score (nSPS) is 12.1. The molecule has 0 saturated carbocycles. The fraction of sp³-hybridized carbons (Fsp3) is 0.364. The van der Waals surface area contributed by atoms with Gasteiger partial charge in [-0.3, -0.25) is 4.79 Å². The van der Waals surface area contributed by atoms with Crippen LogP contribution in [0.4, 0.5) is 0 Å². The van der Waals surface area contributed by atoms with Gasteiger partial charge in [0.15, 0.2) is 0 Å². The van der Waals surface area contributed by atoms with Crippen LogP contribution in [0.3, 0.4) is 0 Å². The lowest BCUT2D eigenvalue weighted by atomic mass is 9.96. The second-order valence-corrected chi connectivity index (χ2v) is 3.33. The van der Waals surface area contributed by atoms with Crippen LogP contribution in [-0.4, -0.2) is 24.7 Å². The average Bonchev–Trinajstić information content (AvgIpc) is 2.25. The third-order valence-electron chi connectivity index (χ3n) is 2.23. The van der Waals surface area contributed by atoms with Crippen LogP contribution >= 0.6 is 0 Å². The summed E-state index contributed by atoms with van der Waals surface area (Å²) in [6.07, 6.45) is 0.143. The Kier molecular flexibility index (Phi) is 4.12. The predicted molar refractivity (Wildman–Crippen MR) is 56.6 cm³/mol. The highest BCUT2D eigenvalue weighted by Gasteiger charge is 2.13. The molecule has 82 valence electrons. The minimum Gasteiger partial charge on any atom is -0.497 e. The number of amides is 1. The van der Waals surface area contributed by atoms with E-state index in [4.69, 9.17) is 15.6 Å². The lowest BCUT2D eigenvalue weighted by molar-refractivity contribution is -0.118. The molecule has 0 bridgehead atoms. The highest BCUT2D eigenvalue weighted by atomic mass is 16.5. The van der Waals surface area contributed by atoms with Crippen LogP contribution in [0.2, 0.25) is 0 Å². The van der Waals surface area contributed by atoms with E-state index in [0.29, 0.717) is 5.75 Å². The molecule has 4 heteroatoms. The number of methoxy groups -OCH3 is 1. The summed E-state index contributed by atoms with van der Waals surface area (Å²) in [5, 5.41) is 9.14. The zero-order valence-corrected chi connectivity index (χ0v) is 8.64. The molecule has 1 rings (SSSR count). The van der Waals surface area contributed by atoms with Crippen LogP contribution in [0.1, 0.15) is 17.9 Å². The molecule has 0 radical (unpaired) electrons. The number of hydrogen-bond acceptors (Lipinski definition) is 3. The maximum atomic E-state index is 10.8. The van der Waals surface area contributed by atoms with E-state index in [-0.39, 0.29) is 18.9 Å². The van der Waals surface area contributed by atoms with Crippen molar-refractivity contribution in [3.8, 4) is 5.75 Å². The van der Waals surface area contributed by atoms with E-state index < -0.39 is 5.91 Å². The van der Waals surface area contributed by atoms with Gasteiger partial charge in [-0.2, -0.15) is 0 Å². The summed E-state index contributed by atoms with van der Waals surface area (Å²) < 4.78 is 5.06. The fourth-order valence-electron chi connectivity index (χ4n) is 1.43. The molecule has 0 spiro atoms. The van der Waals surface area contributed by atoms with Crippen molar-refractivity contribution >= 4 is 5.91 Å². The third-order valence-corrected chi connectivity index (χ3v) is 2.23. The van der Waals surface area contributed by atoms with Crippen molar-refractivity contribution in [3.05, 3.63) is 29.8 Å². The van der Waals surface area contributed by atoms with Crippen LogP contribution in [0, 0.1) is 0 Å². The number of rotatable bonds is 5. The van der Waals surface area contributed by atoms with Gasteiger partial charge < -0.3 is 15.6 Å². The summed E-state index contributed by atoms with van der Waals surface area (Å²) in [6.45, 7) is -0.101. The van der Waals surface area contributed by atoms with Crippen molar-refractivity contribution < 1.29 is 14.6 Å². The molecule has 0 saturated heterocycles. The lowest BCUT2D eigenvalue weighted by Gasteiger charge is -2.13. The van der Waals surface area contributed by atoms with E-state index in [2.05, 4.69) is 0 Å². The first kappa shape index (κ1) is 11.5. The van der Waals surface area contributed by atoms with Gasteiger partial charge in [0, 0.05) is 12.3 Å². The minimum atomic E-state index is -0.420. The summed E-state index contributed by atoms with van der Waals surface area (Å²) in [7, 11) is 1.57. The quantitative estimate of drug-likeness (QED) is 0.747. The Bertz CT molecular complexity index is 338. The second kappa shape index (κ2) is 5.36. The van der Waals surface area contributed by atoms with Crippen molar-refractivity contribution in [2.45, 2.75) is 12.3 Å². The zero-order valence-electron chi connectivity index (χ0n) is 8.64. The molecule has 0 aromatic heterocycles. The number of primary amides is 1. The van der Waals surface area contributed by atoms with Crippen molar-refractivity contribution in [1.29, 1.82) is 0 Å². The van der Waals surface area contributed by atoms with Crippen LogP contribution < -0.4 is 10.5 Å². The summed E-state index contributed by atoms with van der Waals surface area (Å²) in [5.41, 5.74) is 5.95. The molecule has 0 heterocycles. The number of aliphatic hydroxyl groups excluding tert-OH is 1. The Morgan fingerprint density at radius 2 is 2.33 bits per heavy atom. The third kappa shape index (κ3) is 3.25. The number of aliphatic hydroxyl groups is 1. The first-order chi connectivity index (χ1) is 7.17. The highest BCUT2D eigenvalue weighted by Crippen LogP contribution is 2.22. The molecule has 3 N–H and O–H groups in total. The molecular formula is C11H15NO3. The molecule has 1 aromatic carbocycles. The zero-order chi connectivity index (χ0) is 11.3. The number of nitrogens with two attached hydrogens (primary N) is 1. The first-order valence-electron chi connectivity index (χ1n) is 4.70. The van der Waals surface area contributed by atoms with Crippen molar-refractivity contribution in [1.82, 2.24) is 0 Å². The Hall–Kier alpha value is -1.55. The monoisotopic (exact) mass is 209 g/mol. The molecule has 0 aliphatic heterocycles. The van der Waals surface area contributed by atoms with Gasteiger partial charge in [-0.1, -0.05) is 12.1 Å². The predicted octanol–water partition coefficient (Wildman–Crippen LogP) is 0.646. The van der Waals surface area contributed by atoms with Gasteiger partial charge >= 0.3 is 0 Å². The van der Waals surface area contributed by atoms with E-state index in [1.807, 2.05) is 18.2 Å². The fourth-order valence-corrected chi connectivity index (χ4v) is 1.43. The summed E-state index contributed by atoms with van der Waals surface area (Å²) in [4.78, 5) is 10.8. The maximum absolute atomic E-state index is 10.8. The molecule has 15 heavy (non-hydrogen) atoms. The number of benzene rings is 1. The van der Waals surface area contributed by atoms with Gasteiger partial charge in [0.05, 0.1) is 13.7 Å². The van der Waals surface area contributed by atoms with Crippen molar-refractivity contribution in [2.24, 2.45) is 5.73 Å². The van der Waals surface area contributed by atoms with E-state index in [9.17, 15) is 4.79 Å². The average molecular weight is 209 g/mol. The van der Waals surface area contributed by atoms with Crippen molar-refractivity contribution in [2.75, 3.05) is 13.7 Å². The molecular weight excluding hydrogens is 194 g/mol. The van der Waals surface area contributed by atoms with E-state index >= 15 is 0 Å². The molecule has 0 aliphatic carbocycles. The Balaban J connectivity index is 2.85. The number of ether oxygens (including phenoxy) is 1. The van der Waals surface area contributed by atoms with E-state index in [1.165, 1.54) is 0 Å². The van der Waals surface area contributed by atoms with Gasteiger partial charge in [0.1, 0.15) is 5.75 Å². The Morgan fingerprint density at radius 1 is 1.60 bits per heavy atom. The van der Waals surface area contributed by atoms with E-state index in [0.717, 1.165) is 5.56 Å². The molecule has 1 atom stereocenters. The number of hydrogen-bond donors (Lipinski definition) is 2. The molecule has 0 fully saturated rings. The van der Waals surface area contributed by atoms with Crippen molar-refractivity contribution in [3.63, 3.8) is 0 Å². The maximum Gasteiger partial charge on any atom is 0.218 e. The van der Waals surface area contributed by atoms with Crippen LogP contribution in [0.5, 0.6) is 5.75 Å². The molecule has 0 unspecified atom stereocenters. The smallest absolute Gasteiger partial charge is 0.218 e. The van der Waals surface area contributed by atoms with Crippen LogP contribution in [0.25, 0.3) is 0 Å². The molecule has 1 amide bonds. The first-order valence-corrected chi connectivity index (χ1v) is 4.70. The van der Waals surface area contributed by atoms with Crippen LogP contribution in [-0.2, 0) is 4.79 Å². The van der Waals surface area contributed by atoms with Gasteiger partial charge in [-0.25, -0.2) is 0 Å². The summed E-state index contributed by atoms with van der Waals surface area (Å²) in [5.74, 6) is 0.0323. The second-order valence-electron chi connectivity index (χ2n) is 3.33. The Morgan fingerprint density at radius 3 is 2.87 bits per heavy atom. The molecule has 0 aliphatic rings. The number of carbonyl (C=O) groups excluding carboxylic acids is 1. The minimum absolute atomic E-state index is 0.101.